The van der Waals surface area contributed by atoms with Gasteiger partial charge in [-0.25, -0.2) is 14.3 Å². The number of carbonyl (C=O) groups is 4. The van der Waals surface area contributed by atoms with Gasteiger partial charge >= 0.3 is 5.97 Å². The van der Waals surface area contributed by atoms with Crippen molar-refractivity contribution in [2.45, 2.75) is 45.2 Å². The Morgan fingerprint density at radius 1 is 1.31 bits per heavy atom. The normalized spacial score (nSPS) is 19.3. The summed E-state index contributed by atoms with van der Waals surface area (Å²) in [4.78, 5) is 60.5. The highest BCUT2D eigenvalue weighted by atomic mass is 32.2. The van der Waals surface area contributed by atoms with E-state index in [1.54, 1.807) is 22.3 Å². The predicted octanol–water partition coefficient (Wildman–Crippen LogP) is 0.960. The van der Waals surface area contributed by atoms with Crippen molar-refractivity contribution in [3.8, 4) is 0 Å². The lowest BCUT2D eigenvalue weighted by molar-refractivity contribution is -0.689. The molecule has 2 amide bonds. The number of aliphatic carboxylic acids is 1. The molecule has 0 aliphatic carbocycles. The highest BCUT2D eigenvalue weighted by molar-refractivity contribution is 8.00. The van der Waals surface area contributed by atoms with Crippen molar-refractivity contribution in [2.24, 2.45) is 10.6 Å². The Balaban J connectivity index is 1.48. The number of fused-ring (bicyclic) bond motifs is 1. The van der Waals surface area contributed by atoms with E-state index in [1.807, 2.05) is 32.9 Å². The Kier molecular flexibility index (Phi) is 8.07. The molecule has 2 atom stereocenters. The second kappa shape index (κ2) is 11.1. The molecule has 0 saturated carbocycles. The smallest absolute Gasteiger partial charge is 0.352 e. The number of nitrogens with zero attached hydrogens (tertiary/aromatic N) is 4. The highest BCUT2D eigenvalue weighted by Gasteiger charge is 2.54. The first-order chi connectivity index (χ1) is 18.4. The number of ketones is 1. The first-order valence-electron chi connectivity index (χ1n) is 12.0. The van der Waals surface area contributed by atoms with Crippen LogP contribution in [-0.4, -0.2) is 68.5 Å². The molecule has 4 N–H and O–H groups in total. The lowest BCUT2D eigenvalue weighted by atomic mass is 9.87. The summed E-state index contributed by atoms with van der Waals surface area (Å²) < 4.78 is 1.81. The van der Waals surface area contributed by atoms with E-state index in [4.69, 9.17) is 10.6 Å². The summed E-state index contributed by atoms with van der Waals surface area (Å²) >= 11 is 2.49. The average Bonchev–Trinajstić information content (AvgIpc) is 3.31. The fourth-order valence-electron chi connectivity index (χ4n) is 4.09. The van der Waals surface area contributed by atoms with Gasteiger partial charge in [-0.15, -0.1) is 23.1 Å². The number of nitrogens with two attached hydrogens (primary N) is 1. The van der Waals surface area contributed by atoms with Crippen LogP contribution in [0.15, 0.2) is 46.3 Å². The second-order valence-electron chi connectivity index (χ2n) is 10.0. The van der Waals surface area contributed by atoms with Crippen molar-refractivity contribution in [2.75, 3.05) is 18.6 Å². The Labute approximate surface area is 232 Å². The standard InChI is InChI=1S/C25H28N6O6S2/c1-25(2,3)16(32)9-13-5-7-30(8-6-13)10-14-11-38-22-18(21(34)31(22)19(14)23(35)36)28-20(33)17(29-37-4)15-12-39-24(26)27-15/h5-8,12,18,22H,9-11H2,1-4H3,(H3-,26,27,28,33,35,36)/p+1/b29-17-/t18-,22-/m1/s1. The van der Waals surface area contributed by atoms with E-state index in [1.165, 1.54) is 23.8 Å². The number of thiazole rings is 1. The van der Waals surface area contributed by atoms with E-state index in [0.29, 0.717) is 17.7 Å². The van der Waals surface area contributed by atoms with Gasteiger partial charge in [0.2, 0.25) is 0 Å². The zero-order chi connectivity index (χ0) is 28.5. The Hall–Kier alpha value is -3.78. The number of aromatic nitrogens is 2. The molecule has 1 saturated heterocycles. The molecule has 12 nitrogen and oxygen atoms in total. The number of oxime groups is 1. The second-order valence-corrected chi connectivity index (χ2v) is 12.0. The molecule has 14 heteroatoms. The molecule has 2 aromatic rings. The van der Waals surface area contributed by atoms with Gasteiger partial charge in [0.15, 0.2) is 29.8 Å². The summed E-state index contributed by atoms with van der Waals surface area (Å²) in [7, 11) is 1.28. The van der Waals surface area contributed by atoms with Crippen LogP contribution >= 0.6 is 23.1 Å². The summed E-state index contributed by atoms with van der Waals surface area (Å²) in [6.45, 7) is 5.89. The van der Waals surface area contributed by atoms with Crippen LogP contribution in [0.3, 0.4) is 0 Å². The van der Waals surface area contributed by atoms with Crippen molar-refractivity contribution in [3.05, 3.63) is 52.4 Å². The van der Waals surface area contributed by atoms with Crippen LogP contribution in [0.25, 0.3) is 0 Å². The highest BCUT2D eigenvalue weighted by Crippen LogP contribution is 2.40. The lowest BCUT2D eigenvalue weighted by Crippen LogP contribution is -2.71. The van der Waals surface area contributed by atoms with E-state index in [2.05, 4.69) is 15.5 Å². The Bertz CT molecular complexity index is 1380. The molecule has 0 unspecified atom stereocenters. The van der Waals surface area contributed by atoms with Crippen molar-refractivity contribution in [1.82, 2.24) is 15.2 Å². The van der Waals surface area contributed by atoms with Crippen molar-refractivity contribution in [1.29, 1.82) is 0 Å². The first kappa shape index (κ1) is 28.2. The van der Waals surface area contributed by atoms with E-state index in [0.717, 1.165) is 16.9 Å². The van der Waals surface area contributed by atoms with Gasteiger partial charge in [-0.2, -0.15) is 0 Å². The number of hydrogen-bond donors (Lipinski definition) is 3. The van der Waals surface area contributed by atoms with Crippen LogP contribution in [0.2, 0.25) is 0 Å². The zero-order valence-electron chi connectivity index (χ0n) is 21.8. The van der Waals surface area contributed by atoms with Crippen LogP contribution in [0.4, 0.5) is 5.13 Å². The molecular weight excluding hydrogens is 544 g/mol. The van der Waals surface area contributed by atoms with Gasteiger partial charge in [0, 0.05) is 40.7 Å². The maximum absolute atomic E-state index is 13.1. The van der Waals surface area contributed by atoms with Gasteiger partial charge < -0.3 is 21.0 Å². The molecule has 2 aliphatic rings. The maximum Gasteiger partial charge on any atom is 0.352 e. The largest absolute Gasteiger partial charge is 0.477 e. The number of carboxylic acid groups (broad SMARTS) is 1. The quantitative estimate of drug-likeness (QED) is 0.171. The average molecular weight is 574 g/mol. The number of hydrogen-bond acceptors (Lipinski definition) is 10. The molecular formula is C25H29N6O6S2+. The third kappa shape index (κ3) is 5.96. The van der Waals surface area contributed by atoms with Gasteiger partial charge in [0.25, 0.3) is 11.8 Å². The van der Waals surface area contributed by atoms with Crippen LogP contribution in [0.1, 0.15) is 32.0 Å². The van der Waals surface area contributed by atoms with Gasteiger partial charge in [0.05, 0.1) is 0 Å². The molecule has 0 radical (unpaired) electrons. The molecule has 0 spiro atoms. The number of thioether (sulfide) groups is 1. The molecule has 2 aliphatic heterocycles. The molecule has 39 heavy (non-hydrogen) atoms. The number of amides is 2. The minimum atomic E-state index is -1.22. The van der Waals surface area contributed by atoms with Crippen LogP contribution in [0, 0.1) is 5.41 Å². The zero-order valence-corrected chi connectivity index (χ0v) is 23.5. The monoisotopic (exact) mass is 573 g/mol. The van der Waals surface area contributed by atoms with E-state index in [9.17, 15) is 24.3 Å². The van der Waals surface area contributed by atoms with Gasteiger partial charge in [-0.3, -0.25) is 19.3 Å². The van der Waals surface area contributed by atoms with Crippen molar-refractivity contribution in [3.63, 3.8) is 0 Å². The summed E-state index contributed by atoms with van der Waals surface area (Å²) in [5.74, 6) is -1.97. The third-order valence-electron chi connectivity index (χ3n) is 6.23. The molecule has 206 valence electrons. The fourth-order valence-corrected chi connectivity index (χ4v) is 5.97. The SMILES string of the molecule is CO/N=C(\C(=O)N[C@@H]1C(=O)N2C(C(=O)O)=C(C[n+]3ccc(CC(=O)C(C)(C)C)cc3)CS[C@H]12)c1csc(N)n1. The fraction of sp³-hybridized carbons (Fsp3) is 0.400. The maximum atomic E-state index is 13.1. The number of carboxylic acids is 1. The summed E-state index contributed by atoms with van der Waals surface area (Å²) in [5, 5.41) is 17.5. The van der Waals surface area contributed by atoms with Crippen LogP contribution in [-0.2, 0) is 37.0 Å². The molecule has 0 bridgehead atoms. The van der Waals surface area contributed by atoms with E-state index in [-0.39, 0.29) is 34.6 Å². The number of β-lactam (4-membered cyclic amide) rings is 1. The lowest BCUT2D eigenvalue weighted by Gasteiger charge is -2.49. The first-order valence-corrected chi connectivity index (χ1v) is 13.9. The molecule has 1 fully saturated rings. The number of Topliss-reactive ketones (excluding diaryl/α,β-unsaturated/α-hetero) is 1. The summed E-state index contributed by atoms with van der Waals surface area (Å²) in [6.07, 6.45) is 3.89. The van der Waals surface area contributed by atoms with E-state index < -0.39 is 34.6 Å². The Morgan fingerprint density at radius 2 is 2.00 bits per heavy atom. The number of anilines is 1. The number of rotatable bonds is 9. The van der Waals surface area contributed by atoms with Crippen molar-refractivity contribution >= 4 is 57.5 Å². The van der Waals surface area contributed by atoms with Gasteiger partial charge in [0.1, 0.15) is 35.7 Å². The van der Waals surface area contributed by atoms with Crippen molar-refractivity contribution < 1.29 is 33.7 Å². The van der Waals surface area contributed by atoms with Gasteiger partial charge in [-0.1, -0.05) is 25.9 Å². The minimum Gasteiger partial charge on any atom is -0.477 e. The van der Waals surface area contributed by atoms with Crippen LogP contribution < -0.4 is 15.6 Å². The van der Waals surface area contributed by atoms with Gasteiger partial charge in [-0.05, 0) is 5.56 Å². The number of nitrogen functional groups attached to an aromatic ring is 1. The molecule has 2 aromatic heterocycles. The third-order valence-corrected chi connectivity index (χ3v) is 8.25. The number of carbonyl (C=O) groups excluding carboxylic acids is 3. The molecule has 0 aromatic carbocycles. The topological polar surface area (TPSA) is 168 Å². The van der Waals surface area contributed by atoms with E-state index >= 15 is 0 Å². The number of nitrogens with one attached hydrogen (secondary N) is 1. The predicted molar refractivity (Wildman–Crippen MR) is 145 cm³/mol. The minimum absolute atomic E-state index is 0.0909. The molecule has 4 heterocycles. The van der Waals surface area contributed by atoms with Crippen LogP contribution in [0.5, 0.6) is 0 Å². The summed E-state index contributed by atoms with van der Waals surface area (Å²) in [5.41, 5.74) is 6.62. The Morgan fingerprint density at radius 3 is 2.56 bits per heavy atom. The number of pyridine rings is 1. The summed E-state index contributed by atoms with van der Waals surface area (Å²) in [6, 6.07) is 2.72. The molecule has 4 rings (SSSR count).